The summed E-state index contributed by atoms with van der Waals surface area (Å²) in [6.45, 7) is 0. The predicted molar refractivity (Wildman–Crippen MR) is 87.8 cm³/mol. The highest BCUT2D eigenvalue weighted by Crippen LogP contribution is 2.35. The van der Waals surface area contributed by atoms with Gasteiger partial charge in [-0.2, -0.15) is 0 Å². The molecule has 0 fully saturated rings. The number of H-pyrrole nitrogens is 1. The molecule has 3 aromatic rings. The fraction of sp³-hybridized carbons (Fsp3) is 0. The third-order valence-electron chi connectivity index (χ3n) is 2.63. The van der Waals surface area contributed by atoms with Crippen molar-refractivity contribution in [3.63, 3.8) is 0 Å². The minimum atomic E-state index is 0.228. The largest absolute Gasteiger partial charge is 0.445 e. The summed E-state index contributed by atoms with van der Waals surface area (Å²) in [5.74, 6) is 0.744. The van der Waals surface area contributed by atoms with E-state index in [2.05, 4.69) is 31.1 Å². The second-order valence-electron chi connectivity index (χ2n) is 4.09. The van der Waals surface area contributed by atoms with Crippen molar-refractivity contribution in [1.82, 2.24) is 15.2 Å². The molecule has 2 heterocycles. The number of halogens is 3. The predicted octanol–water partition coefficient (Wildman–Crippen LogP) is 5.10. The van der Waals surface area contributed by atoms with Crippen LogP contribution in [0.15, 0.2) is 43.4 Å². The number of carbonyl (C=O) groups excluding carboxylic acids is 1. The Morgan fingerprint density at radius 2 is 2.14 bits per heavy atom. The molecule has 112 valence electrons. The van der Waals surface area contributed by atoms with E-state index in [0.29, 0.717) is 42.4 Å². The smallest absolute Gasteiger partial charge is 0.216 e. The van der Waals surface area contributed by atoms with Crippen molar-refractivity contribution >= 4 is 57.2 Å². The number of benzene rings is 1. The number of nitrogens with zero attached hydrogens (tertiary/aromatic N) is 2. The standard InChI is InChI=1S/C13H6BrCl2N3O2S/c14-9-4-7(5-20)21-12(9)22-13-17-11(18-19-13)8-2-1-6(15)3-10(8)16/h1-5H,(H,17,18,19). The van der Waals surface area contributed by atoms with E-state index < -0.39 is 0 Å². The number of hydrogen-bond donors (Lipinski definition) is 1. The molecular formula is C13H6BrCl2N3O2S. The van der Waals surface area contributed by atoms with Crippen molar-refractivity contribution in [1.29, 1.82) is 0 Å². The second-order valence-corrected chi connectivity index (χ2v) is 6.73. The van der Waals surface area contributed by atoms with Crippen molar-refractivity contribution in [2.24, 2.45) is 0 Å². The zero-order chi connectivity index (χ0) is 15.7. The van der Waals surface area contributed by atoms with E-state index in [1.807, 2.05) is 0 Å². The minimum Gasteiger partial charge on any atom is -0.445 e. The summed E-state index contributed by atoms with van der Waals surface area (Å²) < 4.78 is 6.00. The normalized spacial score (nSPS) is 10.9. The van der Waals surface area contributed by atoms with Crippen LogP contribution in [0.1, 0.15) is 10.6 Å². The summed E-state index contributed by atoms with van der Waals surface area (Å²) in [7, 11) is 0. The molecule has 0 bridgehead atoms. The van der Waals surface area contributed by atoms with E-state index in [9.17, 15) is 4.79 Å². The van der Waals surface area contributed by atoms with Crippen molar-refractivity contribution in [3.8, 4) is 11.4 Å². The molecular weight excluding hydrogens is 413 g/mol. The summed E-state index contributed by atoms with van der Waals surface area (Å²) in [6, 6.07) is 6.69. The molecule has 5 nitrogen and oxygen atoms in total. The van der Waals surface area contributed by atoms with E-state index in [1.165, 1.54) is 11.8 Å². The van der Waals surface area contributed by atoms with Gasteiger partial charge in [-0.1, -0.05) is 23.2 Å². The van der Waals surface area contributed by atoms with Crippen LogP contribution >= 0.6 is 50.9 Å². The van der Waals surface area contributed by atoms with Crippen LogP contribution in [0.2, 0.25) is 10.0 Å². The van der Waals surface area contributed by atoms with Gasteiger partial charge in [-0.25, -0.2) is 4.98 Å². The second kappa shape index (κ2) is 6.45. The number of carbonyl (C=O) groups is 1. The lowest BCUT2D eigenvalue weighted by Gasteiger charge is -1.99. The third-order valence-corrected chi connectivity index (χ3v) is 4.88. The lowest BCUT2D eigenvalue weighted by Crippen LogP contribution is -1.82. The summed E-state index contributed by atoms with van der Waals surface area (Å²) in [4.78, 5) is 15.0. The lowest BCUT2D eigenvalue weighted by molar-refractivity contribution is 0.109. The van der Waals surface area contributed by atoms with Gasteiger partial charge in [0.05, 0.1) is 9.50 Å². The van der Waals surface area contributed by atoms with Crippen LogP contribution in [0.4, 0.5) is 0 Å². The average Bonchev–Trinajstić information content (AvgIpc) is 3.07. The molecule has 0 atom stereocenters. The quantitative estimate of drug-likeness (QED) is 0.597. The Balaban J connectivity index is 1.87. The molecule has 22 heavy (non-hydrogen) atoms. The zero-order valence-electron chi connectivity index (χ0n) is 10.6. The molecule has 0 unspecified atom stereocenters. The van der Waals surface area contributed by atoms with Crippen LogP contribution in [0.25, 0.3) is 11.4 Å². The molecule has 0 aliphatic rings. The Morgan fingerprint density at radius 1 is 1.32 bits per heavy atom. The molecule has 3 rings (SSSR count). The first-order valence-electron chi connectivity index (χ1n) is 5.87. The van der Waals surface area contributed by atoms with Gasteiger partial charge in [0.25, 0.3) is 0 Å². The zero-order valence-corrected chi connectivity index (χ0v) is 14.6. The first kappa shape index (κ1) is 15.6. The summed E-state index contributed by atoms with van der Waals surface area (Å²) in [6.07, 6.45) is 0.631. The Hall–Kier alpha value is -1.28. The van der Waals surface area contributed by atoms with Crippen LogP contribution in [-0.4, -0.2) is 21.5 Å². The van der Waals surface area contributed by atoms with Crippen molar-refractivity contribution in [2.45, 2.75) is 10.2 Å². The van der Waals surface area contributed by atoms with E-state index in [4.69, 9.17) is 27.6 Å². The van der Waals surface area contributed by atoms with E-state index in [1.54, 1.807) is 24.3 Å². The van der Waals surface area contributed by atoms with Crippen molar-refractivity contribution in [2.75, 3.05) is 0 Å². The molecule has 9 heteroatoms. The number of aromatic nitrogens is 3. The van der Waals surface area contributed by atoms with Gasteiger partial charge in [0.1, 0.15) is 0 Å². The van der Waals surface area contributed by atoms with Crippen LogP contribution in [0.3, 0.4) is 0 Å². The summed E-state index contributed by atoms with van der Waals surface area (Å²) in [5.41, 5.74) is 0.692. The topological polar surface area (TPSA) is 71.8 Å². The Morgan fingerprint density at radius 3 is 2.82 bits per heavy atom. The molecule has 0 spiro atoms. The number of furan rings is 1. The molecule has 1 aromatic carbocycles. The van der Waals surface area contributed by atoms with E-state index in [-0.39, 0.29) is 5.76 Å². The number of nitrogens with one attached hydrogen (secondary N) is 1. The average molecular weight is 419 g/mol. The Bertz CT molecular complexity index is 850. The van der Waals surface area contributed by atoms with Crippen LogP contribution < -0.4 is 0 Å². The molecule has 0 aliphatic carbocycles. The lowest BCUT2D eigenvalue weighted by atomic mass is 10.2. The molecule has 0 aliphatic heterocycles. The fourth-order valence-corrected chi connectivity index (χ4v) is 3.41. The number of rotatable bonds is 4. The van der Waals surface area contributed by atoms with Gasteiger partial charge in [0, 0.05) is 16.7 Å². The molecule has 1 N–H and O–H groups in total. The first-order valence-corrected chi connectivity index (χ1v) is 8.23. The number of hydrogen-bond acceptors (Lipinski definition) is 5. The SMILES string of the molecule is O=Cc1cc(Br)c(Sc2n[nH]c(-c3ccc(Cl)cc3Cl)n2)o1. The minimum absolute atomic E-state index is 0.228. The van der Waals surface area contributed by atoms with Crippen LogP contribution in [0.5, 0.6) is 0 Å². The molecule has 0 saturated heterocycles. The number of aromatic amines is 1. The molecule has 0 radical (unpaired) electrons. The highest BCUT2D eigenvalue weighted by Gasteiger charge is 2.15. The highest BCUT2D eigenvalue weighted by molar-refractivity contribution is 9.10. The maximum atomic E-state index is 10.7. The maximum absolute atomic E-state index is 10.7. The van der Waals surface area contributed by atoms with Gasteiger partial charge in [-0.3, -0.25) is 9.89 Å². The number of aldehydes is 1. The fourth-order valence-electron chi connectivity index (χ4n) is 1.67. The maximum Gasteiger partial charge on any atom is 0.216 e. The van der Waals surface area contributed by atoms with Gasteiger partial charge in [-0.15, -0.1) is 5.10 Å². The summed E-state index contributed by atoms with van der Waals surface area (Å²) in [5, 5.41) is 8.85. The Kier molecular flexibility index (Phi) is 4.58. The highest BCUT2D eigenvalue weighted by atomic mass is 79.9. The molecule has 0 amide bonds. The van der Waals surface area contributed by atoms with Crippen LogP contribution in [-0.2, 0) is 0 Å². The van der Waals surface area contributed by atoms with Gasteiger partial charge in [0.2, 0.25) is 5.16 Å². The summed E-state index contributed by atoms with van der Waals surface area (Å²) >= 11 is 16.5. The van der Waals surface area contributed by atoms with Gasteiger partial charge in [-0.05, 0) is 45.9 Å². The Labute approximate surface area is 147 Å². The first-order chi connectivity index (χ1) is 10.6. The van der Waals surface area contributed by atoms with E-state index >= 15 is 0 Å². The molecule has 2 aromatic heterocycles. The van der Waals surface area contributed by atoms with Crippen molar-refractivity contribution < 1.29 is 9.21 Å². The van der Waals surface area contributed by atoms with Gasteiger partial charge in [0.15, 0.2) is 23.0 Å². The monoisotopic (exact) mass is 417 g/mol. The van der Waals surface area contributed by atoms with E-state index in [0.717, 1.165) is 0 Å². The van der Waals surface area contributed by atoms with Gasteiger partial charge >= 0.3 is 0 Å². The molecule has 0 saturated carbocycles. The van der Waals surface area contributed by atoms with Crippen molar-refractivity contribution in [3.05, 3.63) is 44.5 Å². The van der Waals surface area contributed by atoms with Crippen LogP contribution in [0, 0.1) is 0 Å². The van der Waals surface area contributed by atoms with Gasteiger partial charge < -0.3 is 4.42 Å². The third kappa shape index (κ3) is 3.22.